The first kappa shape index (κ1) is 18.3. The second kappa shape index (κ2) is 8.27. The standard InChI is InChI=1S/C18H16BrClN2O2S/c1-2-24-11-10-22-16-14(20)4-3-5-15(16)25-18(22)21-17(23)12-6-8-13(19)9-7-12/h3-9H,2,10-11H2,1H3. The van der Waals surface area contributed by atoms with E-state index >= 15 is 0 Å². The van der Waals surface area contributed by atoms with Crippen LogP contribution in [0.1, 0.15) is 17.3 Å². The highest BCUT2D eigenvalue weighted by molar-refractivity contribution is 9.10. The summed E-state index contributed by atoms with van der Waals surface area (Å²) in [6.45, 7) is 3.71. The molecule has 0 spiro atoms. The molecule has 0 aliphatic carbocycles. The minimum Gasteiger partial charge on any atom is -0.380 e. The van der Waals surface area contributed by atoms with Crippen LogP contribution >= 0.6 is 38.9 Å². The fourth-order valence-corrected chi connectivity index (χ4v) is 4.10. The average molecular weight is 440 g/mol. The summed E-state index contributed by atoms with van der Waals surface area (Å²) in [6.07, 6.45) is 0. The Labute approximate surface area is 162 Å². The van der Waals surface area contributed by atoms with Crippen molar-refractivity contribution in [3.05, 3.63) is 62.3 Å². The topological polar surface area (TPSA) is 43.6 Å². The lowest BCUT2D eigenvalue weighted by atomic mass is 10.2. The van der Waals surface area contributed by atoms with Crippen LogP contribution in [0.5, 0.6) is 0 Å². The molecule has 1 aromatic heterocycles. The minimum atomic E-state index is -0.277. The number of ether oxygens (including phenoxy) is 1. The Balaban J connectivity index is 2.07. The molecule has 0 radical (unpaired) electrons. The molecule has 2 aromatic carbocycles. The van der Waals surface area contributed by atoms with Gasteiger partial charge in [-0.3, -0.25) is 4.79 Å². The van der Waals surface area contributed by atoms with Crippen molar-refractivity contribution in [2.45, 2.75) is 13.5 Å². The number of rotatable bonds is 5. The van der Waals surface area contributed by atoms with Crippen molar-refractivity contribution in [3.8, 4) is 0 Å². The lowest BCUT2D eigenvalue weighted by molar-refractivity contribution is 0.0996. The minimum absolute atomic E-state index is 0.277. The van der Waals surface area contributed by atoms with Gasteiger partial charge >= 0.3 is 0 Å². The van der Waals surface area contributed by atoms with Crippen molar-refractivity contribution >= 4 is 55.0 Å². The Bertz CT molecular complexity index is 963. The highest BCUT2D eigenvalue weighted by Gasteiger charge is 2.11. The van der Waals surface area contributed by atoms with Crippen LogP contribution in [0.3, 0.4) is 0 Å². The normalized spacial score (nSPS) is 12.0. The van der Waals surface area contributed by atoms with Gasteiger partial charge in [0, 0.05) is 23.2 Å². The molecule has 0 atom stereocenters. The maximum absolute atomic E-state index is 12.5. The molecule has 0 bridgehead atoms. The van der Waals surface area contributed by atoms with Crippen LogP contribution in [0.4, 0.5) is 0 Å². The summed E-state index contributed by atoms with van der Waals surface area (Å²) in [6, 6.07) is 12.9. The van der Waals surface area contributed by atoms with Crippen LogP contribution in [-0.2, 0) is 11.3 Å². The van der Waals surface area contributed by atoms with Crippen LogP contribution in [0, 0.1) is 0 Å². The Hall–Kier alpha value is -1.47. The van der Waals surface area contributed by atoms with Crippen molar-refractivity contribution < 1.29 is 9.53 Å². The summed E-state index contributed by atoms with van der Waals surface area (Å²) in [5, 5.41) is 0.641. The molecule has 130 valence electrons. The summed E-state index contributed by atoms with van der Waals surface area (Å²) in [5.41, 5.74) is 1.43. The highest BCUT2D eigenvalue weighted by Crippen LogP contribution is 2.25. The molecule has 0 saturated heterocycles. The van der Waals surface area contributed by atoms with Gasteiger partial charge in [-0.2, -0.15) is 4.99 Å². The van der Waals surface area contributed by atoms with Gasteiger partial charge in [0.15, 0.2) is 4.80 Å². The van der Waals surface area contributed by atoms with Crippen LogP contribution in [0.2, 0.25) is 5.02 Å². The lowest BCUT2D eigenvalue weighted by Gasteiger charge is -2.06. The number of carbonyl (C=O) groups is 1. The van der Waals surface area contributed by atoms with Crippen molar-refractivity contribution in [1.29, 1.82) is 0 Å². The molecular weight excluding hydrogens is 424 g/mol. The zero-order valence-electron chi connectivity index (χ0n) is 13.5. The maximum atomic E-state index is 12.5. The van der Waals surface area contributed by atoms with E-state index in [1.165, 1.54) is 11.3 Å². The summed E-state index contributed by atoms with van der Waals surface area (Å²) < 4.78 is 9.33. The van der Waals surface area contributed by atoms with E-state index in [1.807, 2.05) is 41.8 Å². The molecule has 1 amide bonds. The third kappa shape index (κ3) is 4.20. The van der Waals surface area contributed by atoms with E-state index < -0.39 is 0 Å². The summed E-state index contributed by atoms with van der Waals surface area (Å²) in [5.74, 6) is -0.277. The van der Waals surface area contributed by atoms with Gasteiger partial charge in [0.2, 0.25) is 0 Å². The van der Waals surface area contributed by atoms with Crippen molar-refractivity contribution in [2.24, 2.45) is 4.99 Å². The van der Waals surface area contributed by atoms with Gasteiger partial charge in [0.05, 0.1) is 21.8 Å². The molecule has 0 N–H and O–H groups in total. The highest BCUT2D eigenvalue weighted by atomic mass is 79.9. The number of halogens is 2. The van der Waals surface area contributed by atoms with E-state index in [9.17, 15) is 4.79 Å². The Kier molecular flexibility index (Phi) is 6.06. The van der Waals surface area contributed by atoms with E-state index in [0.29, 0.717) is 35.1 Å². The number of benzene rings is 2. The number of hydrogen-bond donors (Lipinski definition) is 0. The second-order valence-electron chi connectivity index (χ2n) is 5.24. The van der Waals surface area contributed by atoms with Gasteiger partial charge in [-0.05, 0) is 43.3 Å². The van der Waals surface area contributed by atoms with Gasteiger partial charge in [-0.15, -0.1) is 0 Å². The molecule has 25 heavy (non-hydrogen) atoms. The molecular formula is C18H16BrClN2O2S. The van der Waals surface area contributed by atoms with Crippen molar-refractivity contribution in [3.63, 3.8) is 0 Å². The number of fused-ring (bicyclic) bond motifs is 1. The molecule has 3 aromatic rings. The van der Waals surface area contributed by atoms with Crippen LogP contribution in [0.25, 0.3) is 10.2 Å². The molecule has 0 unspecified atom stereocenters. The first-order valence-electron chi connectivity index (χ1n) is 7.80. The average Bonchev–Trinajstić information content (AvgIpc) is 2.94. The van der Waals surface area contributed by atoms with Gasteiger partial charge in [0.25, 0.3) is 5.91 Å². The summed E-state index contributed by atoms with van der Waals surface area (Å²) >= 11 is 11.2. The zero-order valence-corrected chi connectivity index (χ0v) is 16.7. The zero-order chi connectivity index (χ0) is 17.8. The lowest BCUT2D eigenvalue weighted by Crippen LogP contribution is -2.20. The molecule has 4 nitrogen and oxygen atoms in total. The van der Waals surface area contributed by atoms with Gasteiger partial charge in [0.1, 0.15) is 0 Å². The van der Waals surface area contributed by atoms with E-state index in [2.05, 4.69) is 20.9 Å². The van der Waals surface area contributed by atoms with Crippen molar-refractivity contribution in [1.82, 2.24) is 4.57 Å². The number of thiazole rings is 1. The second-order valence-corrected chi connectivity index (χ2v) is 7.58. The fraction of sp³-hybridized carbons (Fsp3) is 0.222. The first-order valence-corrected chi connectivity index (χ1v) is 9.79. The quantitative estimate of drug-likeness (QED) is 0.531. The third-order valence-electron chi connectivity index (χ3n) is 3.60. The van der Waals surface area contributed by atoms with Crippen LogP contribution < -0.4 is 4.80 Å². The smallest absolute Gasteiger partial charge is 0.279 e. The van der Waals surface area contributed by atoms with Gasteiger partial charge in [-0.25, -0.2) is 0 Å². The number of amides is 1. The van der Waals surface area contributed by atoms with Gasteiger partial charge < -0.3 is 9.30 Å². The predicted molar refractivity (Wildman–Crippen MR) is 105 cm³/mol. The fourth-order valence-electron chi connectivity index (χ4n) is 2.42. The molecule has 0 fully saturated rings. The van der Waals surface area contributed by atoms with Crippen molar-refractivity contribution in [2.75, 3.05) is 13.2 Å². The molecule has 0 saturated carbocycles. The monoisotopic (exact) mass is 438 g/mol. The predicted octanol–water partition coefficient (Wildman–Crippen LogP) is 4.90. The molecule has 3 rings (SSSR count). The number of nitrogens with zero attached hydrogens (tertiary/aromatic N) is 2. The Morgan fingerprint density at radius 2 is 2.04 bits per heavy atom. The summed E-state index contributed by atoms with van der Waals surface area (Å²) in [7, 11) is 0. The molecule has 0 aliphatic heterocycles. The van der Waals surface area contributed by atoms with E-state index in [-0.39, 0.29) is 5.91 Å². The van der Waals surface area contributed by atoms with E-state index in [4.69, 9.17) is 16.3 Å². The Morgan fingerprint density at radius 3 is 2.76 bits per heavy atom. The number of para-hydroxylation sites is 1. The SMILES string of the molecule is CCOCCn1c(=NC(=O)c2ccc(Br)cc2)sc2cccc(Cl)c21. The Morgan fingerprint density at radius 1 is 1.28 bits per heavy atom. The van der Waals surface area contributed by atoms with E-state index in [0.717, 1.165) is 14.7 Å². The largest absolute Gasteiger partial charge is 0.380 e. The number of carbonyl (C=O) groups excluding carboxylic acids is 1. The molecule has 1 heterocycles. The maximum Gasteiger partial charge on any atom is 0.279 e. The molecule has 0 aliphatic rings. The van der Waals surface area contributed by atoms with E-state index in [1.54, 1.807) is 12.1 Å². The first-order chi connectivity index (χ1) is 12.1. The van der Waals surface area contributed by atoms with Gasteiger partial charge in [-0.1, -0.05) is 44.9 Å². The third-order valence-corrected chi connectivity index (χ3v) is 5.48. The van der Waals surface area contributed by atoms with Crippen LogP contribution in [-0.4, -0.2) is 23.7 Å². The number of aromatic nitrogens is 1. The number of hydrogen-bond acceptors (Lipinski definition) is 3. The van der Waals surface area contributed by atoms with Crippen LogP contribution in [0.15, 0.2) is 51.9 Å². The summed E-state index contributed by atoms with van der Waals surface area (Å²) in [4.78, 5) is 17.5. The molecule has 7 heteroatoms.